The van der Waals surface area contributed by atoms with E-state index in [1.54, 1.807) is 0 Å². The molecule has 1 saturated heterocycles. The maximum absolute atomic E-state index is 5.85. The first-order valence-electron chi connectivity index (χ1n) is 11.0. The number of morpholine rings is 1. The first-order chi connectivity index (χ1) is 14.8. The molecule has 0 saturated carbocycles. The van der Waals surface area contributed by atoms with Gasteiger partial charge in [0.25, 0.3) is 0 Å². The van der Waals surface area contributed by atoms with Gasteiger partial charge in [-0.3, -0.25) is 0 Å². The second-order valence-electron chi connectivity index (χ2n) is 8.29. The van der Waals surface area contributed by atoms with Crippen LogP contribution in [0, 0.1) is 0 Å². The summed E-state index contributed by atoms with van der Waals surface area (Å²) in [5.74, 6) is 0.916. The average Bonchev–Trinajstić information content (AvgIpc) is 2.80. The Balaban J connectivity index is 0.00000272. The standard InChI is InChI=1S/C27H32NO2.BrH/c1-3-8-25(9-4-1)22-28(18-20-29-21-19-28)17-7-10-24-13-15-26(16-14-24)23-30-27-11-5-2-6-12-27;/h1-6,8-9,11-16H,7,10,17-23H2;1H/q+1;/p-1. The van der Waals surface area contributed by atoms with Gasteiger partial charge in [0.05, 0.1) is 19.8 Å². The van der Waals surface area contributed by atoms with Crippen molar-refractivity contribution < 1.29 is 30.9 Å². The molecule has 0 bridgehead atoms. The molecule has 3 aromatic carbocycles. The van der Waals surface area contributed by atoms with Gasteiger partial charge in [0.15, 0.2) is 0 Å². The number of nitrogens with zero attached hydrogens (tertiary/aromatic N) is 1. The number of halogens is 1. The molecule has 0 atom stereocenters. The lowest BCUT2D eigenvalue weighted by Crippen LogP contribution is -3.00. The second kappa shape index (κ2) is 12.0. The molecule has 1 aliphatic heterocycles. The zero-order chi connectivity index (χ0) is 20.5. The number of rotatable bonds is 9. The second-order valence-corrected chi connectivity index (χ2v) is 8.29. The van der Waals surface area contributed by atoms with Gasteiger partial charge < -0.3 is 30.9 Å². The monoisotopic (exact) mass is 481 g/mol. The largest absolute Gasteiger partial charge is 1.00 e. The summed E-state index contributed by atoms with van der Waals surface area (Å²) in [7, 11) is 0. The van der Waals surface area contributed by atoms with Crippen LogP contribution in [0.3, 0.4) is 0 Å². The summed E-state index contributed by atoms with van der Waals surface area (Å²) in [5.41, 5.74) is 4.05. The van der Waals surface area contributed by atoms with Crippen molar-refractivity contribution >= 4 is 0 Å². The molecule has 0 amide bonds. The number of benzene rings is 3. The normalized spacial score (nSPS) is 15.1. The van der Waals surface area contributed by atoms with E-state index in [0.717, 1.165) is 49.5 Å². The van der Waals surface area contributed by atoms with Gasteiger partial charge in [-0.1, -0.05) is 72.8 Å². The lowest BCUT2D eigenvalue weighted by Gasteiger charge is -2.41. The maximum atomic E-state index is 5.85. The Morgan fingerprint density at radius 3 is 2.00 bits per heavy atom. The molecule has 31 heavy (non-hydrogen) atoms. The van der Waals surface area contributed by atoms with Crippen LogP contribution in [0.2, 0.25) is 0 Å². The van der Waals surface area contributed by atoms with Crippen LogP contribution in [-0.2, 0) is 24.3 Å². The smallest absolute Gasteiger partial charge is 0.119 e. The van der Waals surface area contributed by atoms with Gasteiger partial charge in [0, 0.05) is 12.0 Å². The van der Waals surface area contributed by atoms with Gasteiger partial charge in [0.2, 0.25) is 0 Å². The highest BCUT2D eigenvalue weighted by Crippen LogP contribution is 2.20. The number of quaternary nitrogens is 1. The predicted molar refractivity (Wildman–Crippen MR) is 121 cm³/mol. The van der Waals surface area contributed by atoms with E-state index >= 15 is 0 Å². The quantitative estimate of drug-likeness (QED) is 0.436. The zero-order valence-corrected chi connectivity index (χ0v) is 19.7. The number of ether oxygens (including phenoxy) is 2. The van der Waals surface area contributed by atoms with Crippen molar-refractivity contribution in [2.75, 3.05) is 32.8 Å². The van der Waals surface area contributed by atoms with E-state index in [2.05, 4.69) is 54.6 Å². The third-order valence-electron chi connectivity index (χ3n) is 6.05. The maximum Gasteiger partial charge on any atom is 0.119 e. The average molecular weight is 482 g/mol. The number of para-hydroxylation sites is 1. The Bertz CT molecular complexity index is 878. The molecule has 1 aliphatic rings. The van der Waals surface area contributed by atoms with Crippen molar-refractivity contribution in [1.82, 2.24) is 0 Å². The first-order valence-corrected chi connectivity index (χ1v) is 11.0. The molecule has 0 aliphatic carbocycles. The SMILES string of the molecule is [Br-].c1ccc(C[N+]2(CCCc3ccc(COc4ccccc4)cc3)CCOCC2)cc1. The summed E-state index contributed by atoms with van der Waals surface area (Å²) in [6.07, 6.45) is 2.32. The highest BCUT2D eigenvalue weighted by molar-refractivity contribution is 5.24. The molecular weight excluding hydrogens is 450 g/mol. The number of hydrogen-bond acceptors (Lipinski definition) is 2. The predicted octanol–water partition coefficient (Wildman–Crippen LogP) is 2.25. The Morgan fingerprint density at radius 1 is 0.710 bits per heavy atom. The Kier molecular flexibility index (Phi) is 9.13. The van der Waals surface area contributed by atoms with E-state index in [1.165, 1.54) is 29.7 Å². The van der Waals surface area contributed by atoms with Gasteiger partial charge >= 0.3 is 0 Å². The van der Waals surface area contributed by atoms with Crippen LogP contribution in [-0.4, -0.2) is 37.3 Å². The number of hydrogen-bond donors (Lipinski definition) is 0. The molecule has 3 aromatic rings. The first kappa shape index (κ1) is 23.5. The van der Waals surface area contributed by atoms with Crippen molar-refractivity contribution in [3.05, 3.63) is 102 Å². The van der Waals surface area contributed by atoms with Crippen molar-refractivity contribution in [3.8, 4) is 5.75 Å². The molecule has 164 valence electrons. The third-order valence-corrected chi connectivity index (χ3v) is 6.05. The molecule has 0 unspecified atom stereocenters. The summed E-state index contributed by atoms with van der Waals surface area (Å²) < 4.78 is 12.7. The highest BCUT2D eigenvalue weighted by Gasteiger charge is 2.30. The van der Waals surface area contributed by atoms with Crippen LogP contribution < -0.4 is 21.7 Å². The molecule has 0 aromatic heterocycles. The Morgan fingerprint density at radius 2 is 1.32 bits per heavy atom. The minimum absolute atomic E-state index is 0. The van der Waals surface area contributed by atoms with Gasteiger partial charge in [-0.05, 0) is 29.7 Å². The summed E-state index contributed by atoms with van der Waals surface area (Å²) in [6, 6.07) is 29.8. The Labute approximate surface area is 197 Å². The molecule has 4 rings (SSSR count). The molecule has 0 spiro atoms. The minimum atomic E-state index is 0. The van der Waals surface area contributed by atoms with Gasteiger partial charge in [0.1, 0.15) is 32.0 Å². The fourth-order valence-corrected chi connectivity index (χ4v) is 4.27. The van der Waals surface area contributed by atoms with E-state index in [-0.39, 0.29) is 17.0 Å². The van der Waals surface area contributed by atoms with Crippen LogP contribution in [0.15, 0.2) is 84.9 Å². The van der Waals surface area contributed by atoms with Gasteiger partial charge in [-0.2, -0.15) is 0 Å². The van der Waals surface area contributed by atoms with Crippen molar-refractivity contribution in [2.24, 2.45) is 0 Å². The minimum Gasteiger partial charge on any atom is -1.00 e. The van der Waals surface area contributed by atoms with Crippen LogP contribution in [0.4, 0.5) is 0 Å². The topological polar surface area (TPSA) is 18.5 Å². The van der Waals surface area contributed by atoms with Gasteiger partial charge in [-0.15, -0.1) is 0 Å². The summed E-state index contributed by atoms with van der Waals surface area (Å²) in [4.78, 5) is 0. The van der Waals surface area contributed by atoms with E-state index in [1.807, 2.05) is 30.3 Å². The van der Waals surface area contributed by atoms with E-state index in [4.69, 9.17) is 9.47 Å². The zero-order valence-electron chi connectivity index (χ0n) is 18.1. The highest BCUT2D eigenvalue weighted by atomic mass is 79.9. The van der Waals surface area contributed by atoms with Crippen LogP contribution in [0.5, 0.6) is 5.75 Å². The lowest BCUT2D eigenvalue weighted by atomic mass is 10.1. The molecular formula is C27H32BrNO2. The molecule has 3 nitrogen and oxygen atoms in total. The van der Waals surface area contributed by atoms with Crippen LogP contribution >= 0.6 is 0 Å². The summed E-state index contributed by atoms with van der Waals surface area (Å²) in [5, 5.41) is 0. The van der Waals surface area contributed by atoms with E-state index in [9.17, 15) is 0 Å². The molecule has 1 heterocycles. The van der Waals surface area contributed by atoms with Crippen molar-refractivity contribution in [1.29, 1.82) is 0 Å². The van der Waals surface area contributed by atoms with Crippen molar-refractivity contribution in [3.63, 3.8) is 0 Å². The summed E-state index contributed by atoms with van der Waals surface area (Å²) >= 11 is 0. The fourth-order valence-electron chi connectivity index (χ4n) is 4.27. The Hall–Kier alpha value is -2.14. The van der Waals surface area contributed by atoms with Crippen LogP contribution in [0.25, 0.3) is 0 Å². The van der Waals surface area contributed by atoms with Crippen LogP contribution in [0.1, 0.15) is 23.1 Å². The van der Waals surface area contributed by atoms with E-state index < -0.39 is 0 Å². The van der Waals surface area contributed by atoms with Gasteiger partial charge in [-0.25, -0.2) is 0 Å². The number of aryl methyl sites for hydroxylation is 1. The lowest BCUT2D eigenvalue weighted by molar-refractivity contribution is -0.947. The fraction of sp³-hybridized carbons (Fsp3) is 0.333. The van der Waals surface area contributed by atoms with Crippen molar-refractivity contribution in [2.45, 2.75) is 26.0 Å². The molecule has 4 heteroatoms. The summed E-state index contributed by atoms with van der Waals surface area (Å²) in [6.45, 7) is 6.92. The third kappa shape index (κ3) is 7.20. The molecule has 0 radical (unpaired) electrons. The molecule has 0 N–H and O–H groups in total. The van der Waals surface area contributed by atoms with E-state index in [0.29, 0.717) is 6.61 Å². The molecule has 1 fully saturated rings.